The molecule has 1 unspecified atom stereocenters. The van der Waals surface area contributed by atoms with E-state index in [0.717, 1.165) is 0 Å². The van der Waals surface area contributed by atoms with E-state index in [9.17, 15) is 8.53 Å². The molecule has 1 aliphatic heterocycles. The Kier molecular flexibility index (Phi) is 7.79. The van der Waals surface area contributed by atoms with Gasteiger partial charge in [0.15, 0.2) is 0 Å². The van der Waals surface area contributed by atoms with Crippen molar-refractivity contribution in [3.05, 3.63) is 24.3 Å². The standard InChI is InChI=1S/C8H10AsNO5.C3H6S2/c1-6(11)10-8-4-2-7(3-5-8)9(12,13)15-14;1-2-5-3-4-1/h2-5,14H,1H3,(H,10,11)(H,12,13);1-3H2. The van der Waals surface area contributed by atoms with Gasteiger partial charge in [-0.15, -0.1) is 0 Å². The Bertz CT molecular complexity index is 471. The second-order valence-corrected chi connectivity index (χ2v) is 9.95. The van der Waals surface area contributed by atoms with E-state index in [1.807, 2.05) is 23.5 Å². The molecule has 112 valence electrons. The monoisotopic (exact) mass is 381 g/mol. The van der Waals surface area contributed by atoms with Gasteiger partial charge >= 0.3 is 88.4 Å². The summed E-state index contributed by atoms with van der Waals surface area (Å²) in [5.41, 5.74) is 0.500. The molecule has 0 aliphatic carbocycles. The number of carbonyl (C=O) groups excluding carboxylic acids is 1. The van der Waals surface area contributed by atoms with Crippen LogP contribution in [0.1, 0.15) is 6.92 Å². The molecular formula is C11H16AsNO5S2. The van der Waals surface area contributed by atoms with Crippen molar-refractivity contribution in [1.82, 2.24) is 0 Å². The number of thioether (sulfide) groups is 2. The summed E-state index contributed by atoms with van der Waals surface area (Å²) in [6.45, 7) is 1.35. The van der Waals surface area contributed by atoms with Crippen LogP contribution in [0.2, 0.25) is 0 Å². The second-order valence-electron chi connectivity index (χ2n) is 3.76. The molecule has 1 aliphatic rings. The van der Waals surface area contributed by atoms with Crippen LogP contribution in [0.15, 0.2) is 24.3 Å². The summed E-state index contributed by atoms with van der Waals surface area (Å²) >= 11 is -0.689. The van der Waals surface area contributed by atoms with Gasteiger partial charge in [0.1, 0.15) is 0 Å². The molecule has 2 rings (SSSR count). The minimum atomic E-state index is -4.76. The summed E-state index contributed by atoms with van der Waals surface area (Å²) in [6, 6.07) is 5.50. The molecule has 0 spiro atoms. The maximum atomic E-state index is 11.2. The first-order valence-corrected chi connectivity index (χ1v) is 11.3. The van der Waals surface area contributed by atoms with Crippen molar-refractivity contribution in [3.8, 4) is 0 Å². The van der Waals surface area contributed by atoms with Gasteiger partial charge in [-0.3, -0.25) is 0 Å². The molecule has 3 N–H and O–H groups in total. The summed E-state index contributed by atoms with van der Waals surface area (Å²) in [4.78, 5) is 10.7. The summed E-state index contributed by atoms with van der Waals surface area (Å²) in [5, 5.41) is 12.0. The first-order chi connectivity index (χ1) is 9.45. The van der Waals surface area contributed by atoms with Gasteiger partial charge in [-0.25, -0.2) is 0 Å². The molecule has 20 heavy (non-hydrogen) atoms. The zero-order valence-electron chi connectivity index (χ0n) is 10.8. The number of carbonyl (C=O) groups is 1. The third-order valence-corrected chi connectivity index (χ3v) is 7.20. The van der Waals surface area contributed by atoms with Crippen LogP contribution < -0.4 is 9.67 Å². The van der Waals surface area contributed by atoms with Crippen molar-refractivity contribution in [2.24, 2.45) is 0 Å². The SMILES string of the molecule is C1CSCS1.CC(=O)Nc1ccc([As](=O)(O)OO)cc1. The molecule has 0 bridgehead atoms. The van der Waals surface area contributed by atoms with Crippen LogP contribution in [0, 0.1) is 0 Å². The second kappa shape index (κ2) is 8.81. The van der Waals surface area contributed by atoms with Crippen LogP contribution in [-0.2, 0) is 12.4 Å². The van der Waals surface area contributed by atoms with Gasteiger partial charge in [0.25, 0.3) is 0 Å². The quantitative estimate of drug-likeness (QED) is 0.410. The molecule has 1 amide bonds. The number of hydrogen-bond acceptors (Lipinski definition) is 6. The average molecular weight is 381 g/mol. The fraction of sp³-hybridized carbons (Fsp3) is 0.364. The Morgan fingerprint density at radius 2 is 1.85 bits per heavy atom. The van der Waals surface area contributed by atoms with Crippen LogP contribution in [0.4, 0.5) is 5.69 Å². The van der Waals surface area contributed by atoms with E-state index in [0.29, 0.717) is 5.69 Å². The van der Waals surface area contributed by atoms with Crippen molar-refractivity contribution in [2.75, 3.05) is 21.9 Å². The summed E-state index contributed by atoms with van der Waals surface area (Å²) in [5.74, 6) is 2.52. The van der Waals surface area contributed by atoms with E-state index in [-0.39, 0.29) is 10.3 Å². The first kappa shape index (κ1) is 17.7. The molecule has 1 aromatic carbocycles. The van der Waals surface area contributed by atoms with Crippen LogP contribution in [0.3, 0.4) is 0 Å². The van der Waals surface area contributed by atoms with Crippen molar-refractivity contribution in [2.45, 2.75) is 6.92 Å². The fourth-order valence-corrected chi connectivity index (χ4v) is 4.94. The molecule has 6 nitrogen and oxygen atoms in total. The van der Waals surface area contributed by atoms with Crippen LogP contribution >= 0.6 is 23.5 Å². The van der Waals surface area contributed by atoms with Crippen LogP contribution in [0.25, 0.3) is 0 Å². The molecule has 9 heteroatoms. The molecule has 1 atom stereocenters. The molecule has 0 saturated carbocycles. The van der Waals surface area contributed by atoms with E-state index in [2.05, 4.69) is 9.19 Å². The normalized spacial score (nSPS) is 16.8. The van der Waals surface area contributed by atoms with E-state index >= 15 is 0 Å². The van der Waals surface area contributed by atoms with Gasteiger partial charge in [-0.2, -0.15) is 23.5 Å². The Morgan fingerprint density at radius 1 is 1.30 bits per heavy atom. The van der Waals surface area contributed by atoms with Crippen LogP contribution in [-0.4, -0.2) is 46.0 Å². The Hall–Kier alpha value is -0.372. The average Bonchev–Trinajstić information content (AvgIpc) is 2.98. The number of hydrogen-bond donors (Lipinski definition) is 3. The van der Waals surface area contributed by atoms with Crippen molar-refractivity contribution < 1.29 is 21.8 Å². The van der Waals surface area contributed by atoms with E-state index in [1.165, 1.54) is 47.8 Å². The molecule has 1 saturated heterocycles. The summed E-state index contributed by atoms with van der Waals surface area (Å²) in [6.07, 6.45) is 0. The molecule has 0 aromatic heterocycles. The summed E-state index contributed by atoms with van der Waals surface area (Å²) < 4.78 is 23.8. The van der Waals surface area contributed by atoms with E-state index < -0.39 is 14.2 Å². The van der Waals surface area contributed by atoms with Crippen molar-refractivity contribution in [3.63, 3.8) is 0 Å². The molecule has 1 aromatic rings. The summed E-state index contributed by atoms with van der Waals surface area (Å²) in [7, 11) is 0. The van der Waals surface area contributed by atoms with Crippen molar-refractivity contribution in [1.29, 1.82) is 0 Å². The Labute approximate surface area is 128 Å². The zero-order chi connectivity index (χ0) is 15.0. The maximum absolute atomic E-state index is 11.2. The van der Waals surface area contributed by atoms with Gasteiger partial charge in [0.2, 0.25) is 0 Å². The number of nitrogens with one attached hydrogen (secondary N) is 1. The van der Waals surface area contributed by atoms with E-state index in [4.69, 9.17) is 9.35 Å². The van der Waals surface area contributed by atoms with Crippen LogP contribution in [0.5, 0.6) is 0 Å². The molecule has 1 fully saturated rings. The molecule has 0 radical (unpaired) electrons. The van der Waals surface area contributed by atoms with Gasteiger partial charge in [-0.05, 0) is 0 Å². The van der Waals surface area contributed by atoms with Gasteiger partial charge in [0.05, 0.1) is 0 Å². The number of anilines is 1. The fourth-order valence-electron chi connectivity index (χ4n) is 1.28. The third kappa shape index (κ3) is 6.39. The third-order valence-electron chi connectivity index (χ3n) is 2.16. The van der Waals surface area contributed by atoms with E-state index in [1.54, 1.807) is 0 Å². The Morgan fingerprint density at radius 3 is 2.20 bits per heavy atom. The number of benzene rings is 1. The predicted octanol–water partition coefficient (Wildman–Crippen LogP) is 1.13. The topological polar surface area (TPSA) is 95.9 Å². The number of rotatable bonds is 3. The molecular weight excluding hydrogens is 365 g/mol. The van der Waals surface area contributed by atoms with Gasteiger partial charge in [-0.1, -0.05) is 0 Å². The molecule has 1 heterocycles. The van der Waals surface area contributed by atoms with Crippen molar-refractivity contribution >= 4 is 53.6 Å². The zero-order valence-corrected chi connectivity index (χ0v) is 14.3. The minimum absolute atomic E-state index is 0.00438. The Balaban J connectivity index is 0.000000333. The van der Waals surface area contributed by atoms with Gasteiger partial charge in [0, 0.05) is 16.6 Å². The predicted molar refractivity (Wildman–Crippen MR) is 82.5 cm³/mol. The van der Waals surface area contributed by atoms with Gasteiger partial charge < -0.3 is 0 Å². The first-order valence-electron chi connectivity index (χ1n) is 5.65. The number of amides is 1.